The molecule has 1 aliphatic heterocycles. The third-order valence-corrected chi connectivity index (χ3v) is 7.07. The van der Waals surface area contributed by atoms with Gasteiger partial charge in [0.05, 0.1) is 10.6 Å². The highest BCUT2D eigenvalue weighted by atomic mass is 32.2. The number of hydrogen-bond acceptors (Lipinski definition) is 6. The number of para-hydroxylation sites is 1. The Balaban J connectivity index is 1.47. The Kier molecular flexibility index (Phi) is 6.06. The van der Waals surface area contributed by atoms with Crippen molar-refractivity contribution in [3.8, 4) is 5.69 Å². The molecule has 2 heterocycles. The number of piperazine rings is 1. The Labute approximate surface area is 186 Å². The zero-order valence-corrected chi connectivity index (χ0v) is 18.3. The summed E-state index contributed by atoms with van der Waals surface area (Å²) in [5.74, 6) is 0.397. The zero-order valence-electron chi connectivity index (χ0n) is 17.5. The first kappa shape index (κ1) is 21.7. The molecular weight excluding hydrogens is 430 g/mol. The summed E-state index contributed by atoms with van der Waals surface area (Å²) in [6, 6.07) is 18.4. The van der Waals surface area contributed by atoms with E-state index in [9.17, 15) is 18.0 Å². The minimum absolute atomic E-state index is 0.177. The van der Waals surface area contributed by atoms with Crippen LogP contribution in [0.3, 0.4) is 0 Å². The molecule has 1 fully saturated rings. The number of aromatic nitrogens is 2. The maximum Gasteiger partial charge on any atom is 0.271 e. The fraction of sp³-hybridized carbons (Fsp3) is 0.227. The molecular formula is C22H23N5O4S. The molecule has 1 N–H and O–H groups in total. The lowest BCUT2D eigenvalue weighted by molar-refractivity contribution is -0.114. The predicted octanol–water partition coefficient (Wildman–Crippen LogP) is 1.70. The molecule has 1 aliphatic rings. The minimum Gasteiger partial charge on any atom is -0.353 e. The number of benzene rings is 2. The largest absolute Gasteiger partial charge is 0.353 e. The standard InChI is InChI=1S/C22H23N5O4S/c1-17(28)23-18-7-9-20(10-8-18)32(30,31)26-15-13-25(14-16-26)21-11-12-22(29)27(24-21)19-5-3-2-4-6-19/h2-12H,13-16H2,1H3,(H,23,28). The maximum absolute atomic E-state index is 13.0. The SMILES string of the molecule is CC(=O)Nc1ccc(S(=O)(=O)N2CCN(c3ccc(=O)n(-c4ccccc4)n3)CC2)cc1. The van der Waals surface area contributed by atoms with E-state index in [0.29, 0.717) is 43.4 Å². The average Bonchev–Trinajstić information content (AvgIpc) is 2.80. The van der Waals surface area contributed by atoms with E-state index in [1.54, 1.807) is 30.3 Å². The van der Waals surface area contributed by atoms with E-state index in [0.717, 1.165) is 0 Å². The molecule has 32 heavy (non-hydrogen) atoms. The summed E-state index contributed by atoms with van der Waals surface area (Å²) < 4.78 is 28.8. The van der Waals surface area contributed by atoms with E-state index in [1.165, 1.54) is 34.1 Å². The second-order valence-electron chi connectivity index (χ2n) is 7.37. The summed E-state index contributed by atoms with van der Waals surface area (Å²) in [7, 11) is -3.65. The molecule has 3 aromatic rings. The highest BCUT2D eigenvalue weighted by Gasteiger charge is 2.29. The van der Waals surface area contributed by atoms with Crippen molar-refractivity contribution in [3.63, 3.8) is 0 Å². The third-order valence-electron chi connectivity index (χ3n) is 5.16. The number of anilines is 2. The number of nitrogens with one attached hydrogen (secondary N) is 1. The molecule has 9 nitrogen and oxygen atoms in total. The molecule has 4 rings (SSSR count). The van der Waals surface area contributed by atoms with E-state index in [1.807, 2.05) is 23.1 Å². The lowest BCUT2D eigenvalue weighted by Crippen LogP contribution is -2.49. The van der Waals surface area contributed by atoms with Gasteiger partial charge in [-0.2, -0.15) is 8.99 Å². The van der Waals surface area contributed by atoms with Gasteiger partial charge in [-0.15, -0.1) is 5.10 Å². The average molecular weight is 454 g/mol. The predicted molar refractivity (Wildman–Crippen MR) is 122 cm³/mol. The smallest absolute Gasteiger partial charge is 0.271 e. The van der Waals surface area contributed by atoms with Gasteiger partial charge in [0, 0.05) is 44.9 Å². The highest BCUT2D eigenvalue weighted by Crippen LogP contribution is 2.21. The highest BCUT2D eigenvalue weighted by molar-refractivity contribution is 7.89. The summed E-state index contributed by atoms with van der Waals surface area (Å²) in [5.41, 5.74) is 0.980. The second-order valence-corrected chi connectivity index (χ2v) is 9.31. The summed E-state index contributed by atoms with van der Waals surface area (Å²) in [4.78, 5) is 25.5. The molecule has 2 aromatic carbocycles. The zero-order chi connectivity index (χ0) is 22.7. The van der Waals surface area contributed by atoms with Crippen LogP contribution in [0.5, 0.6) is 0 Å². The summed E-state index contributed by atoms with van der Waals surface area (Å²) in [6.07, 6.45) is 0. The Bertz CT molecular complexity index is 1270. The van der Waals surface area contributed by atoms with E-state index in [4.69, 9.17) is 0 Å². The molecule has 0 aliphatic carbocycles. The molecule has 0 atom stereocenters. The van der Waals surface area contributed by atoms with Crippen LogP contribution in [0.15, 0.2) is 76.4 Å². The number of amides is 1. The van der Waals surface area contributed by atoms with Gasteiger partial charge >= 0.3 is 0 Å². The van der Waals surface area contributed by atoms with Gasteiger partial charge in [0.15, 0.2) is 0 Å². The van der Waals surface area contributed by atoms with Crippen molar-refractivity contribution in [2.24, 2.45) is 0 Å². The number of rotatable bonds is 5. The van der Waals surface area contributed by atoms with Crippen molar-refractivity contribution < 1.29 is 13.2 Å². The van der Waals surface area contributed by atoms with Crippen LogP contribution in [0.25, 0.3) is 5.69 Å². The van der Waals surface area contributed by atoms with Crippen molar-refractivity contribution in [1.29, 1.82) is 0 Å². The molecule has 0 saturated carbocycles. The number of hydrogen-bond donors (Lipinski definition) is 1. The van der Waals surface area contributed by atoms with Gasteiger partial charge < -0.3 is 10.2 Å². The molecule has 0 unspecified atom stereocenters. The van der Waals surface area contributed by atoms with E-state index in [-0.39, 0.29) is 16.4 Å². The number of carbonyl (C=O) groups is 1. The van der Waals surface area contributed by atoms with Crippen molar-refractivity contribution >= 4 is 27.4 Å². The van der Waals surface area contributed by atoms with Gasteiger partial charge in [0.25, 0.3) is 5.56 Å². The van der Waals surface area contributed by atoms with Crippen LogP contribution in [-0.2, 0) is 14.8 Å². The number of nitrogens with zero attached hydrogens (tertiary/aromatic N) is 4. The summed E-state index contributed by atoms with van der Waals surface area (Å²) in [5, 5.41) is 7.09. The van der Waals surface area contributed by atoms with Crippen LogP contribution in [0.2, 0.25) is 0 Å². The molecule has 1 amide bonds. The quantitative estimate of drug-likeness (QED) is 0.631. The van der Waals surface area contributed by atoms with Crippen LogP contribution in [0, 0.1) is 0 Å². The first-order chi connectivity index (χ1) is 15.3. The van der Waals surface area contributed by atoms with E-state index < -0.39 is 10.0 Å². The minimum atomic E-state index is -3.65. The first-order valence-electron chi connectivity index (χ1n) is 10.1. The lowest BCUT2D eigenvalue weighted by Gasteiger charge is -2.34. The van der Waals surface area contributed by atoms with Gasteiger partial charge in [-0.25, -0.2) is 8.42 Å². The maximum atomic E-state index is 13.0. The Morgan fingerprint density at radius 2 is 1.56 bits per heavy atom. The Morgan fingerprint density at radius 3 is 2.19 bits per heavy atom. The molecule has 0 spiro atoms. The molecule has 0 bridgehead atoms. The van der Waals surface area contributed by atoms with Crippen molar-refractivity contribution in [3.05, 3.63) is 77.1 Å². The fourth-order valence-electron chi connectivity index (χ4n) is 3.54. The monoisotopic (exact) mass is 453 g/mol. The van der Waals surface area contributed by atoms with Crippen LogP contribution >= 0.6 is 0 Å². The molecule has 10 heteroatoms. The fourth-order valence-corrected chi connectivity index (χ4v) is 4.97. The molecule has 1 saturated heterocycles. The van der Waals surface area contributed by atoms with Gasteiger partial charge in [-0.1, -0.05) is 18.2 Å². The lowest BCUT2D eigenvalue weighted by atomic mass is 10.3. The topological polar surface area (TPSA) is 105 Å². The number of carbonyl (C=O) groups excluding carboxylic acids is 1. The normalized spacial score (nSPS) is 14.8. The molecule has 166 valence electrons. The van der Waals surface area contributed by atoms with Crippen LogP contribution in [0.4, 0.5) is 11.5 Å². The van der Waals surface area contributed by atoms with E-state index in [2.05, 4.69) is 10.4 Å². The Hall–Kier alpha value is -3.50. The van der Waals surface area contributed by atoms with Crippen molar-refractivity contribution in [2.75, 3.05) is 36.4 Å². The van der Waals surface area contributed by atoms with Crippen molar-refractivity contribution in [2.45, 2.75) is 11.8 Å². The molecule has 0 radical (unpaired) electrons. The molecule has 1 aromatic heterocycles. The van der Waals surface area contributed by atoms with Crippen molar-refractivity contribution in [1.82, 2.24) is 14.1 Å². The summed E-state index contributed by atoms with van der Waals surface area (Å²) >= 11 is 0. The van der Waals surface area contributed by atoms with Gasteiger partial charge in [0.1, 0.15) is 5.82 Å². The van der Waals surface area contributed by atoms with Crippen LogP contribution < -0.4 is 15.8 Å². The third kappa shape index (κ3) is 4.56. The van der Waals surface area contributed by atoms with Gasteiger partial charge in [0.2, 0.25) is 15.9 Å². The first-order valence-corrected chi connectivity index (χ1v) is 11.6. The Morgan fingerprint density at radius 1 is 0.906 bits per heavy atom. The van der Waals surface area contributed by atoms with Gasteiger partial charge in [-0.05, 0) is 42.5 Å². The second kappa shape index (κ2) is 8.93. The number of sulfonamides is 1. The van der Waals surface area contributed by atoms with Crippen LogP contribution in [-0.4, -0.2) is 54.6 Å². The van der Waals surface area contributed by atoms with Crippen LogP contribution in [0.1, 0.15) is 6.92 Å². The van der Waals surface area contributed by atoms with Gasteiger partial charge in [-0.3, -0.25) is 9.59 Å². The summed E-state index contributed by atoms with van der Waals surface area (Å²) in [6.45, 7) is 2.88. The van der Waals surface area contributed by atoms with E-state index >= 15 is 0 Å².